The van der Waals surface area contributed by atoms with Gasteiger partial charge in [0.15, 0.2) is 0 Å². The van der Waals surface area contributed by atoms with Crippen LogP contribution in [0.5, 0.6) is 11.5 Å². The third-order valence-electron chi connectivity index (χ3n) is 1.44. The van der Waals surface area contributed by atoms with Gasteiger partial charge in [0.05, 0.1) is 7.11 Å². The number of carboxylic acids is 1. The van der Waals surface area contributed by atoms with Crippen LogP contribution in [0.3, 0.4) is 0 Å². The van der Waals surface area contributed by atoms with Gasteiger partial charge in [0, 0.05) is 35.6 Å². The topological polar surface area (TPSA) is 66.8 Å². The summed E-state index contributed by atoms with van der Waals surface area (Å²) in [5.41, 5.74) is -0.129. The molecule has 0 aromatic heterocycles. The van der Waals surface area contributed by atoms with Gasteiger partial charge in [-0.1, -0.05) is 0 Å². The predicted molar refractivity (Wildman–Crippen MR) is 47.4 cm³/mol. The van der Waals surface area contributed by atoms with E-state index in [-0.39, 0.29) is 40.9 Å². The average molecular weight is 191 g/mol. The van der Waals surface area contributed by atoms with E-state index in [1.54, 1.807) is 0 Å². The van der Waals surface area contributed by atoms with Crippen LogP contribution in [0, 0.1) is 0 Å². The van der Waals surface area contributed by atoms with Gasteiger partial charge >= 0.3 is 5.97 Å². The molecule has 1 rings (SSSR count). The minimum Gasteiger partial charge on any atom is -0.507 e. The zero-order valence-electron chi connectivity index (χ0n) is 7.44. The Morgan fingerprint density at radius 1 is 1.46 bits per heavy atom. The van der Waals surface area contributed by atoms with Crippen molar-refractivity contribution in [2.75, 3.05) is 7.11 Å². The molecule has 0 saturated heterocycles. The molecule has 0 spiro atoms. The molecule has 65 valence electrons. The molecule has 0 heterocycles. The van der Waals surface area contributed by atoms with Gasteiger partial charge in [-0.3, -0.25) is 0 Å². The summed E-state index contributed by atoms with van der Waals surface area (Å²) in [5.74, 6) is -1.02. The first kappa shape index (κ1) is 12.3. The first-order valence-corrected chi connectivity index (χ1v) is 3.25. The average Bonchev–Trinajstić information content (AvgIpc) is 2.03. The Balaban J connectivity index is 0.00000144. The van der Waals surface area contributed by atoms with Crippen LogP contribution in [-0.4, -0.2) is 52.8 Å². The largest absolute Gasteiger partial charge is 0.507 e. The van der Waals surface area contributed by atoms with Crippen LogP contribution in [0.15, 0.2) is 18.2 Å². The summed E-state index contributed by atoms with van der Waals surface area (Å²) in [4.78, 5) is 10.4. The molecule has 4 nitrogen and oxygen atoms in total. The van der Waals surface area contributed by atoms with Crippen molar-refractivity contribution in [3.05, 3.63) is 23.8 Å². The second-order valence-electron chi connectivity index (χ2n) is 2.19. The Labute approximate surface area is 97.4 Å². The van der Waals surface area contributed by atoms with Crippen molar-refractivity contribution in [2.24, 2.45) is 0 Å². The van der Waals surface area contributed by atoms with E-state index in [2.05, 4.69) is 0 Å². The minimum atomic E-state index is -1.16. The molecule has 0 fully saturated rings. The van der Waals surface area contributed by atoms with Crippen LogP contribution in [0.1, 0.15) is 10.4 Å². The maximum Gasteiger partial charge on any atom is 0.339 e. The molecule has 1 radical (unpaired) electrons. The summed E-state index contributed by atoms with van der Waals surface area (Å²) in [6.07, 6.45) is 0. The quantitative estimate of drug-likeness (QED) is 0.676. The van der Waals surface area contributed by atoms with Gasteiger partial charge < -0.3 is 14.9 Å². The standard InChI is InChI=1S/C8H8O4.Na/c1-12-5-2-3-6(8(10)11)7(9)4-5;/h2-4,9H,1H3,(H,10,11);. The molecule has 1 aromatic carbocycles. The molecule has 0 unspecified atom stereocenters. The van der Waals surface area contributed by atoms with Gasteiger partial charge in [0.25, 0.3) is 0 Å². The molecule has 0 aliphatic rings. The Kier molecular flexibility index (Phi) is 4.83. The van der Waals surface area contributed by atoms with Crippen LogP contribution in [0.4, 0.5) is 0 Å². The van der Waals surface area contributed by atoms with Crippen molar-refractivity contribution in [3.63, 3.8) is 0 Å². The van der Waals surface area contributed by atoms with E-state index >= 15 is 0 Å². The van der Waals surface area contributed by atoms with E-state index in [9.17, 15) is 4.79 Å². The third-order valence-corrected chi connectivity index (χ3v) is 1.44. The maximum absolute atomic E-state index is 10.4. The summed E-state index contributed by atoms with van der Waals surface area (Å²) in [6, 6.07) is 4.02. The summed E-state index contributed by atoms with van der Waals surface area (Å²) in [5, 5.41) is 17.7. The molecule has 5 heteroatoms. The van der Waals surface area contributed by atoms with Crippen molar-refractivity contribution < 1.29 is 19.7 Å². The Hall–Kier alpha value is -0.710. The Morgan fingerprint density at radius 2 is 2.08 bits per heavy atom. The van der Waals surface area contributed by atoms with Crippen molar-refractivity contribution in [2.45, 2.75) is 0 Å². The number of methoxy groups -OCH3 is 1. The van der Waals surface area contributed by atoms with Crippen molar-refractivity contribution in [3.8, 4) is 11.5 Å². The van der Waals surface area contributed by atoms with Crippen LogP contribution in [-0.2, 0) is 0 Å². The van der Waals surface area contributed by atoms with E-state index in [1.807, 2.05) is 0 Å². The first-order chi connectivity index (χ1) is 5.65. The first-order valence-electron chi connectivity index (χ1n) is 3.25. The van der Waals surface area contributed by atoms with Crippen molar-refractivity contribution >= 4 is 35.5 Å². The second-order valence-corrected chi connectivity index (χ2v) is 2.19. The van der Waals surface area contributed by atoms with Gasteiger partial charge in [0.1, 0.15) is 17.1 Å². The van der Waals surface area contributed by atoms with Gasteiger partial charge in [-0.15, -0.1) is 0 Å². The molecule has 0 atom stereocenters. The number of phenols is 1. The summed E-state index contributed by atoms with van der Waals surface area (Å²) in [6.45, 7) is 0. The SMILES string of the molecule is COc1ccc(C(=O)O)c(O)c1.[Na]. The van der Waals surface area contributed by atoms with Gasteiger partial charge in [0.2, 0.25) is 0 Å². The fraction of sp³-hybridized carbons (Fsp3) is 0.125. The monoisotopic (exact) mass is 191 g/mol. The summed E-state index contributed by atoms with van der Waals surface area (Å²) >= 11 is 0. The zero-order chi connectivity index (χ0) is 9.14. The van der Waals surface area contributed by atoms with Crippen LogP contribution in [0.25, 0.3) is 0 Å². The Bertz CT molecular complexity index is 311. The van der Waals surface area contributed by atoms with E-state index in [0.29, 0.717) is 5.75 Å². The smallest absolute Gasteiger partial charge is 0.339 e. The molecule has 2 N–H and O–H groups in total. The fourth-order valence-corrected chi connectivity index (χ4v) is 0.819. The molecular formula is C8H8NaO4. The van der Waals surface area contributed by atoms with E-state index in [4.69, 9.17) is 14.9 Å². The van der Waals surface area contributed by atoms with Gasteiger partial charge in [-0.2, -0.15) is 0 Å². The molecule has 0 aliphatic heterocycles. The minimum absolute atomic E-state index is 0. The number of carboxylic acid groups (broad SMARTS) is 1. The van der Waals surface area contributed by atoms with E-state index < -0.39 is 5.97 Å². The normalized spacial score (nSPS) is 8.69. The molecular weight excluding hydrogens is 183 g/mol. The van der Waals surface area contributed by atoms with Crippen LogP contribution in [0.2, 0.25) is 0 Å². The number of hydrogen-bond donors (Lipinski definition) is 2. The molecule has 1 aromatic rings. The second kappa shape index (κ2) is 5.11. The third kappa shape index (κ3) is 2.91. The summed E-state index contributed by atoms with van der Waals surface area (Å²) in [7, 11) is 1.44. The van der Waals surface area contributed by atoms with Crippen LogP contribution >= 0.6 is 0 Å². The maximum atomic E-state index is 10.4. The van der Waals surface area contributed by atoms with Crippen molar-refractivity contribution in [1.29, 1.82) is 0 Å². The number of rotatable bonds is 2. The van der Waals surface area contributed by atoms with Gasteiger partial charge in [-0.25, -0.2) is 4.79 Å². The molecule has 0 bridgehead atoms. The van der Waals surface area contributed by atoms with E-state index in [0.717, 1.165) is 0 Å². The predicted octanol–water partition coefficient (Wildman–Crippen LogP) is 0.718. The number of benzene rings is 1. The number of hydrogen-bond acceptors (Lipinski definition) is 3. The number of aromatic carboxylic acids is 1. The molecule has 0 aliphatic carbocycles. The molecule has 13 heavy (non-hydrogen) atoms. The molecule has 0 amide bonds. The number of aromatic hydroxyl groups is 1. The Morgan fingerprint density at radius 3 is 2.46 bits per heavy atom. The fourth-order valence-electron chi connectivity index (χ4n) is 0.819. The van der Waals surface area contributed by atoms with E-state index in [1.165, 1.54) is 25.3 Å². The van der Waals surface area contributed by atoms with Gasteiger partial charge in [-0.05, 0) is 12.1 Å². The molecule has 0 saturated carbocycles. The summed E-state index contributed by atoms with van der Waals surface area (Å²) < 4.78 is 4.78. The van der Waals surface area contributed by atoms with Crippen LogP contribution < -0.4 is 4.74 Å². The zero-order valence-corrected chi connectivity index (χ0v) is 9.44. The van der Waals surface area contributed by atoms with Crippen molar-refractivity contribution in [1.82, 2.24) is 0 Å². The number of ether oxygens (including phenoxy) is 1. The number of carbonyl (C=O) groups is 1.